The lowest BCUT2D eigenvalue weighted by Gasteiger charge is -2.26. The van der Waals surface area contributed by atoms with Gasteiger partial charge in [0.15, 0.2) is 5.78 Å². The lowest BCUT2D eigenvalue weighted by molar-refractivity contribution is -0.143. The molecule has 0 radical (unpaired) electrons. The second kappa shape index (κ2) is 11.3. The molecule has 1 fully saturated rings. The number of benzene rings is 3. The minimum absolute atomic E-state index is 0.00633. The Morgan fingerprint density at radius 1 is 0.972 bits per heavy atom. The van der Waals surface area contributed by atoms with Gasteiger partial charge in [-0.2, -0.15) is 0 Å². The van der Waals surface area contributed by atoms with Crippen LogP contribution in [0.3, 0.4) is 0 Å². The first-order chi connectivity index (χ1) is 17.3. The number of amides is 1. The van der Waals surface area contributed by atoms with E-state index < -0.39 is 11.8 Å². The molecule has 3 aromatic rings. The van der Waals surface area contributed by atoms with Gasteiger partial charge in [-0.1, -0.05) is 29.8 Å². The molecule has 3 aromatic carbocycles. The molecule has 0 bridgehead atoms. The van der Waals surface area contributed by atoms with E-state index in [-0.39, 0.29) is 35.7 Å². The molecule has 1 aliphatic carbocycles. The highest BCUT2D eigenvalue weighted by Crippen LogP contribution is 2.29. The number of nitrogens with one attached hydrogen (secondary N) is 1. The molecule has 0 spiro atoms. The van der Waals surface area contributed by atoms with E-state index in [9.17, 15) is 18.8 Å². The van der Waals surface area contributed by atoms with Crippen molar-refractivity contribution in [2.45, 2.75) is 51.6 Å². The molecule has 0 aromatic heterocycles. The smallest absolute Gasteiger partial charge is 0.306 e. The molecule has 1 aliphatic rings. The fraction of sp³-hybridized carbons (Fsp3) is 0.345. The van der Waals surface area contributed by atoms with Gasteiger partial charge in [0.25, 0.3) is 5.91 Å². The summed E-state index contributed by atoms with van der Waals surface area (Å²) < 4.78 is 20.4. The van der Waals surface area contributed by atoms with Crippen LogP contribution in [0.4, 0.5) is 4.39 Å². The van der Waals surface area contributed by atoms with Crippen LogP contribution in [0.15, 0.2) is 54.6 Å². The first-order valence-electron chi connectivity index (χ1n) is 12.3. The van der Waals surface area contributed by atoms with Gasteiger partial charge in [-0.25, -0.2) is 4.39 Å². The monoisotopic (exact) mass is 491 g/mol. The summed E-state index contributed by atoms with van der Waals surface area (Å²) in [5, 5.41) is 14.0. The topological polar surface area (TPSA) is 92.7 Å². The predicted octanol–water partition coefficient (Wildman–Crippen LogP) is 5.70. The first-order valence-corrected chi connectivity index (χ1v) is 12.3. The van der Waals surface area contributed by atoms with Gasteiger partial charge in [0.2, 0.25) is 0 Å². The maximum Gasteiger partial charge on any atom is 0.306 e. The number of rotatable bonds is 9. The van der Waals surface area contributed by atoms with Crippen LogP contribution in [0.5, 0.6) is 5.75 Å². The Bertz CT molecular complexity index is 1280. The van der Waals surface area contributed by atoms with Crippen LogP contribution in [0, 0.1) is 18.7 Å². The van der Waals surface area contributed by atoms with Crippen molar-refractivity contribution in [2.24, 2.45) is 5.92 Å². The van der Waals surface area contributed by atoms with E-state index in [1.807, 2.05) is 37.3 Å². The maximum atomic E-state index is 14.6. The van der Waals surface area contributed by atoms with Gasteiger partial charge >= 0.3 is 5.97 Å². The highest BCUT2D eigenvalue weighted by Gasteiger charge is 2.27. The standard InChI is InChI=1S/C29H30FNO5/c1-18-4-5-19-6-7-21(16-22(19)15-18)28(33)31-14-2-3-27(32)25-13-12-24(17-26(25)30)36-23-10-8-20(9-11-23)29(34)35/h4-7,12-13,15-17,20,23H,2-3,8-11,14H2,1H3,(H,31,33)(H,34,35). The van der Waals surface area contributed by atoms with Crippen LogP contribution in [0.1, 0.15) is 64.8 Å². The van der Waals surface area contributed by atoms with Gasteiger partial charge in [0, 0.05) is 24.6 Å². The van der Waals surface area contributed by atoms with Crippen LogP contribution >= 0.6 is 0 Å². The summed E-state index contributed by atoms with van der Waals surface area (Å²) in [5.74, 6) is -1.99. The van der Waals surface area contributed by atoms with Crippen molar-refractivity contribution in [2.75, 3.05) is 6.54 Å². The summed E-state index contributed by atoms with van der Waals surface area (Å²) in [6, 6.07) is 15.8. The van der Waals surface area contributed by atoms with Crippen molar-refractivity contribution in [1.29, 1.82) is 0 Å². The van der Waals surface area contributed by atoms with E-state index in [0.29, 0.717) is 50.0 Å². The molecule has 4 rings (SSSR count). The molecule has 1 saturated carbocycles. The summed E-state index contributed by atoms with van der Waals surface area (Å²) in [6.45, 7) is 2.31. The summed E-state index contributed by atoms with van der Waals surface area (Å²) in [4.78, 5) is 36.1. The molecule has 36 heavy (non-hydrogen) atoms. The number of carbonyl (C=O) groups excluding carboxylic acids is 2. The number of carbonyl (C=O) groups is 3. The van der Waals surface area contributed by atoms with Crippen molar-refractivity contribution >= 4 is 28.4 Å². The molecule has 0 unspecified atom stereocenters. The Hall–Kier alpha value is -3.74. The van der Waals surface area contributed by atoms with Crippen molar-refractivity contribution in [1.82, 2.24) is 5.32 Å². The second-order valence-corrected chi connectivity index (χ2v) is 9.42. The number of hydrogen-bond acceptors (Lipinski definition) is 4. The van der Waals surface area contributed by atoms with Crippen LogP contribution in [-0.2, 0) is 4.79 Å². The zero-order chi connectivity index (χ0) is 25.7. The van der Waals surface area contributed by atoms with Crippen LogP contribution in [0.2, 0.25) is 0 Å². The SMILES string of the molecule is Cc1ccc2ccc(C(=O)NCCCC(=O)c3ccc(OC4CCC(C(=O)O)CC4)cc3F)cc2c1. The Kier molecular flexibility index (Phi) is 7.98. The number of Topliss-reactive ketones (excluding diaryl/α,β-unsaturated/α-hetero) is 1. The highest BCUT2D eigenvalue weighted by atomic mass is 19.1. The molecule has 0 heterocycles. The van der Waals surface area contributed by atoms with E-state index in [2.05, 4.69) is 5.32 Å². The Balaban J connectivity index is 1.24. The Morgan fingerprint density at radius 3 is 2.44 bits per heavy atom. The zero-order valence-corrected chi connectivity index (χ0v) is 20.3. The number of carboxylic acids is 1. The van der Waals surface area contributed by atoms with Gasteiger partial charge in [-0.05, 0) is 74.1 Å². The number of fused-ring (bicyclic) bond motifs is 1. The van der Waals surface area contributed by atoms with E-state index in [1.54, 1.807) is 12.1 Å². The second-order valence-electron chi connectivity index (χ2n) is 9.42. The van der Waals surface area contributed by atoms with E-state index in [1.165, 1.54) is 12.1 Å². The minimum Gasteiger partial charge on any atom is -0.490 e. The number of ketones is 1. The number of aliphatic carboxylic acids is 1. The van der Waals surface area contributed by atoms with Gasteiger partial charge < -0.3 is 15.2 Å². The molecule has 1 amide bonds. The number of halogens is 1. The largest absolute Gasteiger partial charge is 0.490 e. The van der Waals surface area contributed by atoms with Gasteiger partial charge in [-0.3, -0.25) is 14.4 Å². The molecule has 0 saturated heterocycles. The minimum atomic E-state index is -0.786. The van der Waals surface area contributed by atoms with Crippen LogP contribution < -0.4 is 10.1 Å². The molecule has 0 atom stereocenters. The summed E-state index contributed by atoms with van der Waals surface area (Å²) in [6.07, 6.45) is 2.62. The van der Waals surface area contributed by atoms with Crippen molar-refractivity contribution in [3.05, 3.63) is 77.1 Å². The van der Waals surface area contributed by atoms with Gasteiger partial charge in [0.1, 0.15) is 11.6 Å². The van der Waals surface area contributed by atoms with E-state index in [4.69, 9.17) is 9.84 Å². The van der Waals surface area contributed by atoms with Crippen LogP contribution in [0.25, 0.3) is 10.8 Å². The summed E-state index contributed by atoms with van der Waals surface area (Å²) >= 11 is 0. The van der Waals surface area contributed by atoms with Crippen LogP contribution in [-0.4, -0.2) is 35.4 Å². The zero-order valence-electron chi connectivity index (χ0n) is 20.3. The molecular weight excluding hydrogens is 461 g/mol. The normalized spacial score (nSPS) is 17.5. The maximum absolute atomic E-state index is 14.6. The lowest BCUT2D eigenvalue weighted by atomic mass is 9.87. The molecular formula is C29H30FNO5. The van der Waals surface area contributed by atoms with E-state index in [0.717, 1.165) is 16.3 Å². The number of aryl methyl sites for hydroxylation is 1. The summed E-state index contributed by atoms with van der Waals surface area (Å²) in [7, 11) is 0. The highest BCUT2D eigenvalue weighted by molar-refractivity contribution is 5.99. The summed E-state index contributed by atoms with van der Waals surface area (Å²) in [5.41, 5.74) is 1.67. The quantitative estimate of drug-likeness (QED) is 0.296. The number of ether oxygens (including phenoxy) is 1. The van der Waals surface area contributed by atoms with Crippen molar-refractivity contribution in [3.63, 3.8) is 0 Å². The predicted molar refractivity (Wildman–Crippen MR) is 135 cm³/mol. The molecule has 6 nitrogen and oxygen atoms in total. The van der Waals surface area contributed by atoms with E-state index >= 15 is 0 Å². The third-order valence-corrected chi connectivity index (χ3v) is 6.69. The Morgan fingerprint density at radius 2 is 1.72 bits per heavy atom. The van der Waals surface area contributed by atoms with Crippen molar-refractivity contribution < 1.29 is 28.6 Å². The fourth-order valence-electron chi connectivity index (χ4n) is 4.61. The van der Waals surface area contributed by atoms with Gasteiger partial charge in [0.05, 0.1) is 17.6 Å². The Labute approximate surface area is 209 Å². The molecule has 188 valence electrons. The van der Waals surface area contributed by atoms with Crippen molar-refractivity contribution in [3.8, 4) is 5.75 Å². The average molecular weight is 492 g/mol. The molecule has 7 heteroatoms. The fourth-order valence-corrected chi connectivity index (χ4v) is 4.61. The molecule has 2 N–H and O–H groups in total. The van der Waals surface area contributed by atoms with Gasteiger partial charge in [-0.15, -0.1) is 0 Å². The average Bonchev–Trinajstić information content (AvgIpc) is 2.86. The first kappa shape index (κ1) is 25.4. The number of carboxylic acid groups (broad SMARTS) is 1. The third-order valence-electron chi connectivity index (χ3n) is 6.69. The number of hydrogen-bond donors (Lipinski definition) is 2. The molecule has 0 aliphatic heterocycles. The lowest BCUT2D eigenvalue weighted by Crippen LogP contribution is -2.27. The third kappa shape index (κ3) is 6.27.